The molecular formula is C27H23Cl2NO4. The lowest BCUT2D eigenvalue weighted by molar-refractivity contribution is -0.122. The molecule has 5 nitrogen and oxygen atoms in total. The third kappa shape index (κ3) is 3.10. The number of anilines is 1. The number of unbranched alkanes of at least 4 members (excludes halogenated alkanes) is 2. The second kappa shape index (κ2) is 8.10. The summed E-state index contributed by atoms with van der Waals surface area (Å²) in [6.07, 6.45) is 3.07. The molecule has 1 amide bonds. The number of rotatable bonds is 5. The van der Waals surface area contributed by atoms with Crippen LogP contribution in [0.3, 0.4) is 0 Å². The third-order valence-electron chi connectivity index (χ3n) is 6.91. The first-order chi connectivity index (χ1) is 16.5. The predicted octanol–water partition coefficient (Wildman–Crippen LogP) is 6.60. The number of carbonyl (C=O) groups is 1. The second-order valence-corrected chi connectivity index (χ2v) is 9.79. The Bertz CT molecular complexity index is 1300. The number of carbonyl (C=O) groups excluding carboxylic acids is 1. The van der Waals surface area contributed by atoms with Gasteiger partial charge in [-0.3, -0.25) is 4.79 Å². The highest BCUT2D eigenvalue weighted by atomic mass is 35.5. The van der Waals surface area contributed by atoms with E-state index in [-0.39, 0.29) is 19.3 Å². The summed E-state index contributed by atoms with van der Waals surface area (Å²) >= 11 is 12.7. The minimum absolute atomic E-state index is 0.0248. The summed E-state index contributed by atoms with van der Waals surface area (Å²) in [6.45, 7) is 3.19. The molecule has 0 aromatic heterocycles. The molecule has 3 aliphatic heterocycles. The quantitative estimate of drug-likeness (QED) is 0.374. The van der Waals surface area contributed by atoms with Crippen LogP contribution >= 0.6 is 23.2 Å². The Morgan fingerprint density at radius 3 is 2.47 bits per heavy atom. The van der Waals surface area contributed by atoms with E-state index in [0.29, 0.717) is 33.8 Å². The Morgan fingerprint density at radius 2 is 1.71 bits per heavy atom. The lowest BCUT2D eigenvalue weighted by Crippen LogP contribution is -2.43. The maximum atomic E-state index is 14.3. The fourth-order valence-electron chi connectivity index (χ4n) is 5.38. The van der Waals surface area contributed by atoms with Crippen molar-refractivity contribution < 1.29 is 19.0 Å². The van der Waals surface area contributed by atoms with E-state index in [2.05, 4.69) is 6.92 Å². The zero-order valence-electron chi connectivity index (χ0n) is 18.7. The lowest BCUT2D eigenvalue weighted by atomic mass is 9.74. The summed E-state index contributed by atoms with van der Waals surface area (Å²) < 4.78 is 17.4. The van der Waals surface area contributed by atoms with Crippen molar-refractivity contribution in [3.8, 4) is 28.4 Å². The number of benzene rings is 3. The molecule has 3 aliphatic rings. The molecular weight excluding hydrogens is 473 g/mol. The van der Waals surface area contributed by atoms with E-state index in [9.17, 15) is 4.79 Å². The molecule has 3 heterocycles. The van der Waals surface area contributed by atoms with E-state index in [1.807, 2.05) is 47.4 Å². The van der Waals surface area contributed by atoms with Crippen molar-refractivity contribution in [2.45, 2.75) is 31.6 Å². The van der Waals surface area contributed by atoms with Crippen LogP contribution in [0.5, 0.6) is 17.2 Å². The number of amides is 1. The largest absolute Gasteiger partial charge is 0.491 e. The van der Waals surface area contributed by atoms with E-state index in [1.54, 1.807) is 6.07 Å². The molecule has 3 aromatic rings. The molecule has 0 saturated heterocycles. The molecule has 34 heavy (non-hydrogen) atoms. The van der Waals surface area contributed by atoms with Crippen LogP contribution < -0.4 is 19.1 Å². The van der Waals surface area contributed by atoms with Gasteiger partial charge in [0, 0.05) is 39.5 Å². The van der Waals surface area contributed by atoms with Crippen LogP contribution in [-0.2, 0) is 10.2 Å². The molecule has 174 valence electrons. The number of nitrogens with zero attached hydrogens (tertiary/aromatic N) is 1. The van der Waals surface area contributed by atoms with E-state index in [4.69, 9.17) is 37.4 Å². The first kappa shape index (κ1) is 21.6. The Kier molecular flexibility index (Phi) is 5.16. The van der Waals surface area contributed by atoms with E-state index < -0.39 is 5.41 Å². The standard InChI is InChI=1S/C27H23Cl2NO4/c1-2-3-4-8-30-21-7-5-6-19(16-9-17(28)11-18(29)10-16)25(21)27(26(30)31)14-32-22-13-24-23(12-20(22)27)33-15-34-24/h5-7,9-13H,2-4,8,14-15H2,1H3. The van der Waals surface area contributed by atoms with Crippen LogP contribution in [0.15, 0.2) is 48.5 Å². The van der Waals surface area contributed by atoms with Crippen molar-refractivity contribution in [2.75, 3.05) is 24.8 Å². The molecule has 6 rings (SSSR count). The molecule has 0 N–H and O–H groups in total. The third-order valence-corrected chi connectivity index (χ3v) is 7.34. The van der Waals surface area contributed by atoms with Gasteiger partial charge in [-0.25, -0.2) is 0 Å². The Morgan fingerprint density at radius 1 is 0.941 bits per heavy atom. The first-order valence-electron chi connectivity index (χ1n) is 11.5. The van der Waals surface area contributed by atoms with Gasteiger partial charge >= 0.3 is 0 Å². The average Bonchev–Trinajstić information content (AvgIpc) is 3.49. The van der Waals surface area contributed by atoms with Crippen molar-refractivity contribution in [1.29, 1.82) is 0 Å². The maximum absolute atomic E-state index is 14.3. The van der Waals surface area contributed by atoms with Crippen molar-refractivity contribution in [3.05, 3.63) is 69.7 Å². The second-order valence-electron chi connectivity index (χ2n) is 8.92. The van der Waals surface area contributed by atoms with Gasteiger partial charge in [0.15, 0.2) is 11.5 Å². The summed E-state index contributed by atoms with van der Waals surface area (Å²) in [5.41, 5.74) is 3.44. The van der Waals surface area contributed by atoms with Crippen molar-refractivity contribution in [2.24, 2.45) is 0 Å². The number of halogens is 2. The predicted molar refractivity (Wildman–Crippen MR) is 133 cm³/mol. The van der Waals surface area contributed by atoms with Crippen LogP contribution in [0.4, 0.5) is 5.69 Å². The number of fused-ring (bicyclic) bond motifs is 5. The van der Waals surface area contributed by atoms with Gasteiger partial charge in [-0.2, -0.15) is 0 Å². The minimum Gasteiger partial charge on any atom is -0.491 e. The fourth-order valence-corrected chi connectivity index (χ4v) is 5.90. The maximum Gasteiger partial charge on any atom is 0.245 e. The highest BCUT2D eigenvalue weighted by Crippen LogP contribution is 2.57. The smallest absolute Gasteiger partial charge is 0.245 e. The summed E-state index contributed by atoms with van der Waals surface area (Å²) in [5.74, 6) is 1.94. The van der Waals surface area contributed by atoms with Gasteiger partial charge in [0.05, 0.1) is 0 Å². The topological polar surface area (TPSA) is 48.0 Å². The van der Waals surface area contributed by atoms with Crippen molar-refractivity contribution in [1.82, 2.24) is 0 Å². The summed E-state index contributed by atoms with van der Waals surface area (Å²) in [5, 5.41) is 1.09. The summed E-state index contributed by atoms with van der Waals surface area (Å²) in [7, 11) is 0. The lowest BCUT2D eigenvalue weighted by Gasteiger charge is -2.24. The van der Waals surface area contributed by atoms with Crippen LogP contribution in [0, 0.1) is 0 Å². The van der Waals surface area contributed by atoms with Gasteiger partial charge < -0.3 is 19.1 Å². The van der Waals surface area contributed by atoms with Gasteiger partial charge in [-0.15, -0.1) is 0 Å². The van der Waals surface area contributed by atoms with Crippen LogP contribution in [-0.4, -0.2) is 25.9 Å². The monoisotopic (exact) mass is 495 g/mol. The van der Waals surface area contributed by atoms with E-state index in [0.717, 1.165) is 47.2 Å². The van der Waals surface area contributed by atoms with E-state index in [1.165, 1.54) is 0 Å². The van der Waals surface area contributed by atoms with Gasteiger partial charge in [-0.05, 0) is 47.9 Å². The number of hydrogen-bond acceptors (Lipinski definition) is 4. The zero-order valence-corrected chi connectivity index (χ0v) is 20.2. The molecule has 1 spiro atoms. The molecule has 0 radical (unpaired) electrons. The normalized spacial score (nSPS) is 19.5. The average molecular weight is 496 g/mol. The first-order valence-corrected chi connectivity index (χ1v) is 12.3. The van der Waals surface area contributed by atoms with E-state index >= 15 is 0 Å². The van der Waals surface area contributed by atoms with Crippen LogP contribution in [0.1, 0.15) is 37.3 Å². The van der Waals surface area contributed by atoms with Gasteiger partial charge in [0.2, 0.25) is 12.7 Å². The molecule has 0 saturated carbocycles. The minimum atomic E-state index is -0.983. The van der Waals surface area contributed by atoms with Gasteiger partial charge in [0.25, 0.3) is 0 Å². The number of ether oxygens (including phenoxy) is 3. The molecule has 0 bridgehead atoms. The Hall–Kier alpha value is -2.89. The van der Waals surface area contributed by atoms with Crippen LogP contribution in [0.25, 0.3) is 11.1 Å². The fraction of sp³-hybridized carbons (Fsp3) is 0.296. The molecule has 0 aliphatic carbocycles. The molecule has 1 atom stereocenters. The summed E-state index contributed by atoms with van der Waals surface area (Å²) in [4.78, 5) is 16.2. The van der Waals surface area contributed by atoms with Gasteiger partial charge in [-0.1, -0.05) is 55.1 Å². The van der Waals surface area contributed by atoms with Crippen LogP contribution in [0.2, 0.25) is 10.0 Å². The molecule has 0 fully saturated rings. The van der Waals surface area contributed by atoms with Crippen molar-refractivity contribution in [3.63, 3.8) is 0 Å². The molecule has 3 aromatic carbocycles. The highest BCUT2D eigenvalue weighted by molar-refractivity contribution is 6.35. The Labute approximate surface area is 208 Å². The molecule has 1 unspecified atom stereocenters. The SMILES string of the molecule is CCCCCN1C(=O)C2(COc3cc4c(cc32)OCO4)c2c(-c3cc(Cl)cc(Cl)c3)cccc21. The summed E-state index contributed by atoms with van der Waals surface area (Å²) in [6, 6.07) is 15.3. The number of hydrogen-bond donors (Lipinski definition) is 0. The Balaban J connectivity index is 1.60. The van der Waals surface area contributed by atoms with Crippen molar-refractivity contribution >= 4 is 34.8 Å². The van der Waals surface area contributed by atoms with Gasteiger partial charge in [0.1, 0.15) is 17.8 Å². The zero-order chi connectivity index (χ0) is 23.4. The molecule has 7 heteroatoms. The highest BCUT2D eigenvalue weighted by Gasteiger charge is 2.58.